The third kappa shape index (κ3) is 8.27. The molecule has 0 aromatic heterocycles. The van der Waals surface area contributed by atoms with E-state index in [4.69, 9.17) is 11.6 Å². The molecule has 0 saturated carbocycles. The Kier molecular flexibility index (Phi) is 10.8. The molecule has 0 aliphatic rings. The quantitative estimate of drug-likeness (QED) is 0.198. The van der Waals surface area contributed by atoms with Crippen molar-refractivity contribution in [3.05, 3.63) is 130 Å². The van der Waals surface area contributed by atoms with Crippen LogP contribution >= 0.6 is 11.6 Å². The summed E-state index contributed by atoms with van der Waals surface area (Å²) in [4.78, 5) is 29.8. The van der Waals surface area contributed by atoms with Gasteiger partial charge in [-0.15, -0.1) is 0 Å². The highest BCUT2D eigenvalue weighted by molar-refractivity contribution is 7.92. The molecule has 1 N–H and O–H groups in total. The number of anilines is 1. The smallest absolute Gasteiger partial charge is 0.264 e. The Hall–Kier alpha value is -4.14. The van der Waals surface area contributed by atoms with Crippen molar-refractivity contribution in [2.45, 2.75) is 57.6 Å². The molecular weight excluding hydrogens is 594 g/mol. The SMILES string of the molecule is Cc1ccc(CN(C(=O)CN(c2cc(Cl)ccc2C)S(=O)(=O)c2ccccc2)[C@@H](Cc2ccccc2)C(=O)NC(C)C)cc1. The van der Waals surface area contributed by atoms with Crippen molar-refractivity contribution in [1.82, 2.24) is 10.2 Å². The second-order valence-electron chi connectivity index (χ2n) is 11.1. The van der Waals surface area contributed by atoms with E-state index < -0.39 is 28.5 Å². The van der Waals surface area contributed by atoms with Crippen molar-refractivity contribution in [2.75, 3.05) is 10.8 Å². The third-order valence-electron chi connectivity index (χ3n) is 7.23. The maximum absolute atomic E-state index is 14.5. The van der Waals surface area contributed by atoms with Gasteiger partial charge in [-0.05, 0) is 68.7 Å². The van der Waals surface area contributed by atoms with Gasteiger partial charge in [0.1, 0.15) is 12.6 Å². The zero-order valence-electron chi connectivity index (χ0n) is 25.4. The van der Waals surface area contributed by atoms with Crippen LogP contribution in [0.2, 0.25) is 5.02 Å². The summed E-state index contributed by atoms with van der Waals surface area (Å²) in [5.74, 6) is -0.843. The van der Waals surface area contributed by atoms with Gasteiger partial charge < -0.3 is 10.2 Å². The molecule has 0 aliphatic heterocycles. The van der Waals surface area contributed by atoms with Crippen molar-refractivity contribution >= 4 is 39.1 Å². The van der Waals surface area contributed by atoms with Gasteiger partial charge >= 0.3 is 0 Å². The molecule has 0 spiro atoms. The molecule has 4 aromatic carbocycles. The van der Waals surface area contributed by atoms with Crippen LogP contribution in [0, 0.1) is 13.8 Å². The molecule has 4 aromatic rings. The van der Waals surface area contributed by atoms with Gasteiger partial charge in [-0.1, -0.05) is 96.0 Å². The zero-order valence-corrected chi connectivity index (χ0v) is 27.0. The lowest BCUT2D eigenvalue weighted by molar-refractivity contribution is -0.140. The number of nitrogens with zero attached hydrogens (tertiary/aromatic N) is 2. The topological polar surface area (TPSA) is 86.8 Å². The lowest BCUT2D eigenvalue weighted by atomic mass is 10.0. The van der Waals surface area contributed by atoms with Gasteiger partial charge in [0.15, 0.2) is 0 Å². The minimum atomic E-state index is -4.20. The number of hydrogen-bond donors (Lipinski definition) is 1. The predicted molar refractivity (Wildman–Crippen MR) is 176 cm³/mol. The summed E-state index contributed by atoms with van der Waals surface area (Å²) in [7, 11) is -4.20. The summed E-state index contributed by atoms with van der Waals surface area (Å²) >= 11 is 6.34. The van der Waals surface area contributed by atoms with Crippen LogP contribution in [0.4, 0.5) is 5.69 Å². The predicted octanol–water partition coefficient (Wildman–Crippen LogP) is 6.32. The minimum Gasteiger partial charge on any atom is -0.352 e. The number of rotatable bonds is 12. The van der Waals surface area contributed by atoms with Gasteiger partial charge in [0.2, 0.25) is 11.8 Å². The molecule has 9 heteroatoms. The Morgan fingerprint density at radius 1 is 0.818 bits per heavy atom. The van der Waals surface area contributed by atoms with Crippen molar-refractivity contribution in [2.24, 2.45) is 0 Å². The van der Waals surface area contributed by atoms with Crippen molar-refractivity contribution in [3.63, 3.8) is 0 Å². The molecule has 7 nitrogen and oxygen atoms in total. The van der Waals surface area contributed by atoms with Crippen LogP contribution in [-0.4, -0.2) is 43.8 Å². The second-order valence-corrected chi connectivity index (χ2v) is 13.4. The maximum Gasteiger partial charge on any atom is 0.264 e. The van der Waals surface area contributed by atoms with E-state index in [1.54, 1.807) is 43.3 Å². The van der Waals surface area contributed by atoms with Crippen molar-refractivity contribution < 1.29 is 18.0 Å². The first kappa shape index (κ1) is 32.8. The van der Waals surface area contributed by atoms with Crippen LogP contribution in [0.1, 0.15) is 36.1 Å². The number of benzene rings is 4. The highest BCUT2D eigenvalue weighted by atomic mass is 35.5. The lowest BCUT2D eigenvalue weighted by Crippen LogP contribution is -2.54. The molecule has 0 aliphatic carbocycles. The molecule has 2 amide bonds. The van der Waals surface area contributed by atoms with E-state index >= 15 is 0 Å². The Bertz CT molecular complexity index is 1680. The number of aryl methyl sites for hydroxylation is 2. The molecule has 1 atom stereocenters. The third-order valence-corrected chi connectivity index (χ3v) is 9.23. The molecule has 0 bridgehead atoms. The summed E-state index contributed by atoms with van der Waals surface area (Å²) in [6.07, 6.45) is 0.249. The standard InChI is InChI=1S/C35H38ClN3O4S/c1-25(2)37-35(41)33(21-28-11-7-5-8-12-28)38(23-29-18-15-26(3)16-19-29)34(40)24-39(32-22-30(36)20-17-27(32)4)44(42,43)31-13-9-6-10-14-31/h5-20,22,25,33H,21,23-24H2,1-4H3,(H,37,41)/t33-/m0/s1. The Balaban J connectivity index is 1.82. The number of halogens is 1. The molecule has 0 fully saturated rings. The van der Waals surface area contributed by atoms with E-state index in [1.165, 1.54) is 17.0 Å². The Morgan fingerprint density at radius 2 is 1.43 bits per heavy atom. The molecule has 0 unspecified atom stereocenters. The van der Waals surface area contributed by atoms with Gasteiger partial charge in [-0.3, -0.25) is 13.9 Å². The fourth-order valence-corrected chi connectivity index (χ4v) is 6.57. The van der Waals surface area contributed by atoms with Crippen LogP contribution in [0.3, 0.4) is 0 Å². The number of carbonyl (C=O) groups is 2. The average Bonchev–Trinajstić information content (AvgIpc) is 3.00. The van der Waals surface area contributed by atoms with E-state index in [-0.39, 0.29) is 35.5 Å². The second kappa shape index (κ2) is 14.6. The van der Waals surface area contributed by atoms with E-state index in [9.17, 15) is 18.0 Å². The summed E-state index contributed by atoms with van der Waals surface area (Å²) in [6.45, 7) is 7.03. The average molecular weight is 632 g/mol. The normalized spacial score (nSPS) is 12.0. The summed E-state index contributed by atoms with van der Waals surface area (Å²) in [5.41, 5.74) is 3.66. The van der Waals surface area contributed by atoms with Crippen molar-refractivity contribution in [1.29, 1.82) is 0 Å². The summed E-state index contributed by atoms with van der Waals surface area (Å²) in [6, 6.07) is 29.0. The summed E-state index contributed by atoms with van der Waals surface area (Å²) in [5, 5.41) is 3.30. The van der Waals surface area contributed by atoms with Crippen LogP contribution in [0.15, 0.2) is 108 Å². The number of nitrogens with one attached hydrogen (secondary N) is 1. The van der Waals surface area contributed by atoms with E-state index in [1.807, 2.05) is 75.4 Å². The largest absolute Gasteiger partial charge is 0.352 e. The monoisotopic (exact) mass is 631 g/mol. The molecule has 0 saturated heterocycles. The molecule has 230 valence electrons. The van der Waals surface area contributed by atoms with Crippen LogP contribution < -0.4 is 9.62 Å². The van der Waals surface area contributed by atoms with E-state index in [0.29, 0.717) is 10.6 Å². The van der Waals surface area contributed by atoms with E-state index in [0.717, 1.165) is 21.0 Å². The highest BCUT2D eigenvalue weighted by Gasteiger charge is 2.35. The fourth-order valence-electron chi connectivity index (χ4n) is 4.91. The number of hydrogen-bond acceptors (Lipinski definition) is 4. The minimum absolute atomic E-state index is 0.0376. The summed E-state index contributed by atoms with van der Waals surface area (Å²) < 4.78 is 29.3. The lowest BCUT2D eigenvalue weighted by Gasteiger charge is -2.34. The van der Waals surface area contributed by atoms with Crippen LogP contribution in [0.25, 0.3) is 0 Å². The van der Waals surface area contributed by atoms with Gasteiger partial charge in [-0.2, -0.15) is 0 Å². The van der Waals surface area contributed by atoms with Gasteiger partial charge in [0.25, 0.3) is 10.0 Å². The van der Waals surface area contributed by atoms with Crippen LogP contribution in [0.5, 0.6) is 0 Å². The van der Waals surface area contributed by atoms with Gasteiger partial charge in [0, 0.05) is 24.0 Å². The van der Waals surface area contributed by atoms with Gasteiger partial charge in [-0.25, -0.2) is 8.42 Å². The van der Waals surface area contributed by atoms with Gasteiger partial charge in [0.05, 0.1) is 10.6 Å². The fraction of sp³-hybridized carbons (Fsp3) is 0.257. The maximum atomic E-state index is 14.5. The number of sulfonamides is 1. The number of carbonyl (C=O) groups excluding carboxylic acids is 2. The Morgan fingerprint density at radius 3 is 2.05 bits per heavy atom. The Labute approximate surface area is 265 Å². The molecule has 44 heavy (non-hydrogen) atoms. The first-order chi connectivity index (χ1) is 21.0. The molecule has 4 rings (SSSR count). The van der Waals surface area contributed by atoms with Crippen molar-refractivity contribution in [3.8, 4) is 0 Å². The van der Waals surface area contributed by atoms with Crippen LogP contribution in [-0.2, 0) is 32.6 Å². The molecule has 0 radical (unpaired) electrons. The number of amides is 2. The zero-order chi connectivity index (χ0) is 31.9. The van der Waals surface area contributed by atoms with E-state index in [2.05, 4.69) is 5.32 Å². The first-order valence-corrected chi connectivity index (χ1v) is 16.3. The highest BCUT2D eigenvalue weighted by Crippen LogP contribution is 2.30. The molecular formula is C35H38ClN3O4S. The molecule has 0 heterocycles. The first-order valence-electron chi connectivity index (χ1n) is 14.5.